The third-order valence-corrected chi connectivity index (χ3v) is 4.56. The number of carbonyl (C=O) groups is 2. The average Bonchev–Trinajstić information content (AvgIpc) is 2.64. The van der Waals surface area contributed by atoms with Crippen LogP contribution in [0.2, 0.25) is 5.02 Å². The first kappa shape index (κ1) is 21.5. The molecular formula is C18H17Br2ClN2O4. The molecule has 0 saturated carbocycles. The topological polar surface area (TPSA) is 76.7 Å². The molecule has 0 heterocycles. The van der Waals surface area contributed by atoms with Gasteiger partial charge in [0.25, 0.3) is 11.8 Å². The zero-order chi connectivity index (χ0) is 19.8. The maximum absolute atomic E-state index is 12.4. The summed E-state index contributed by atoms with van der Waals surface area (Å²) in [6.45, 7) is 2.17. The molecule has 2 N–H and O–H groups in total. The number of hydrogen-bond acceptors (Lipinski definition) is 4. The van der Waals surface area contributed by atoms with Gasteiger partial charge in [-0.05, 0) is 58.7 Å². The highest BCUT2D eigenvalue weighted by Crippen LogP contribution is 2.28. The summed E-state index contributed by atoms with van der Waals surface area (Å²) >= 11 is 12.5. The van der Waals surface area contributed by atoms with Gasteiger partial charge in [0.2, 0.25) is 0 Å². The second-order valence-corrected chi connectivity index (χ2v) is 7.56. The molecule has 0 aliphatic heterocycles. The first-order valence-corrected chi connectivity index (χ1v) is 9.96. The molecule has 27 heavy (non-hydrogen) atoms. The summed E-state index contributed by atoms with van der Waals surface area (Å²) in [5.41, 5.74) is 4.96. The predicted molar refractivity (Wildman–Crippen MR) is 110 cm³/mol. The summed E-state index contributed by atoms with van der Waals surface area (Å²) in [7, 11) is 0. The highest BCUT2D eigenvalue weighted by atomic mass is 79.9. The normalized spacial score (nSPS) is 10.2. The molecule has 0 fully saturated rings. The van der Waals surface area contributed by atoms with E-state index in [9.17, 15) is 9.59 Å². The first-order chi connectivity index (χ1) is 12.9. The lowest BCUT2D eigenvalue weighted by atomic mass is 10.2. The third-order valence-electron chi connectivity index (χ3n) is 3.22. The molecule has 0 saturated heterocycles. The van der Waals surface area contributed by atoms with Crippen molar-refractivity contribution < 1.29 is 19.1 Å². The Morgan fingerprint density at radius 1 is 1.04 bits per heavy atom. The molecule has 0 bridgehead atoms. The minimum atomic E-state index is -0.517. The summed E-state index contributed by atoms with van der Waals surface area (Å²) in [5, 5.41) is 0.543. The first-order valence-electron chi connectivity index (χ1n) is 8.00. The number of hydrogen-bond donors (Lipinski definition) is 2. The Balaban J connectivity index is 1.91. The van der Waals surface area contributed by atoms with E-state index in [0.717, 1.165) is 10.9 Å². The highest BCUT2D eigenvalue weighted by Gasteiger charge is 2.14. The summed E-state index contributed by atoms with van der Waals surface area (Å²) in [6.07, 6.45) is 0.811. The van der Waals surface area contributed by atoms with Gasteiger partial charge < -0.3 is 9.47 Å². The van der Waals surface area contributed by atoms with Gasteiger partial charge in [0, 0.05) is 9.50 Å². The fourth-order valence-corrected chi connectivity index (χ4v) is 3.14. The molecule has 0 radical (unpaired) electrons. The average molecular weight is 521 g/mol. The molecule has 0 aliphatic carbocycles. The van der Waals surface area contributed by atoms with Gasteiger partial charge in [0.15, 0.2) is 6.61 Å². The number of carbonyl (C=O) groups excluding carboxylic acids is 2. The summed E-state index contributed by atoms with van der Waals surface area (Å²) in [5.74, 6) is -0.115. The molecule has 0 aliphatic rings. The number of benzene rings is 2. The van der Waals surface area contributed by atoms with Crippen LogP contribution in [-0.2, 0) is 4.79 Å². The largest absolute Gasteiger partial charge is 0.493 e. The lowest BCUT2D eigenvalue weighted by Crippen LogP contribution is -2.44. The zero-order valence-electron chi connectivity index (χ0n) is 14.4. The summed E-state index contributed by atoms with van der Waals surface area (Å²) < 4.78 is 12.3. The summed E-state index contributed by atoms with van der Waals surface area (Å²) in [6, 6.07) is 10.0. The van der Waals surface area contributed by atoms with Gasteiger partial charge >= 0.3 is 0 Å². The van der Waals surface area contributed by atoms with Crippen molar-refractivity contribution >= 4 is 55.3 Å². The van der Waals surface area contributed by atoms with Gasteiger partial charge in [0.1, 0.15) is 11.5 Å². The molecule has 9 heteroatoms. The van der Waals surface area contributed by atoms with Crippen LogP contribution in [0, 0.1) is 0 Å². The van der Waals surface area contributed by atoms with E-state index in [1.807, 2.05) is 6.92 Å². The van der Waals surface area contributed by atoms with Crippen molar-refractivity contribution in [3.63, 3.8) is 0 Å². The van der Waals surface area contributed by atoms with Crippen LogP contribution in [0.1, 0.15) is 23.7 Å². The van der Waals surface area contributed by atoms with Crippen LogP contribution in [0.5, 0.6) is 11.5 Å². The SMILES string of the molecule is CCCOc1ccc(Br)cc1C(=O)NNC(=O)COc1ccc(Cl)cc1Br. The van der Waals surface area contributed by atoms with Crippen LogP contribution in [0.15, 0.2) is 45.3 Å². The second kappa shape index (κ2) is 10.5. The Morgan fingerprint density at radius 3 is 2.48 bits per heavy atom. The Hall–Kier alpha value is -1.77. The van der Waals surface area contributed by atoms with Crippen LogP contribution in [0.4, 0.5) is 0 Å². The van der Waals surface area contributed by atoms with Crippen molar-refractivity contribution in [2.24, 2.45) is 0 Å². The zero-order valence-corrected chi connectivity index (χ0v) is 18.3. The van der Waals surface area contributed by atoms with Crippen molar-refractivity contribution in [3.8, 4) is 11.5 Å². The number of rotatable bonds is 7. The van der Waals surface area contributed by atoms with Crippen molar-refractivity contribution in [2.75, 3.05) is 13.2 Å². The number of halogens is 3. The van der Waals surface area contributed by atoms with E-state index >= 15 is 0 Å². The minimum Gasteiger partial charge on any atom is -0.493 e. The number of hydrazine groups is 1. The standard InChI is InChI=1S/C18H17Br2ClN2O4/c1-2-7-26-15-5-3-11(19)8-13(15)18(25)23-22-17(24)10-27-16-6-4-12(21)9-14(16)20/h3-6,8-9H,2,7,10H2,1H3,(H,22,24)(H,23,25). The molecule has 2 rings (SSSR count). The molecule has 2 aromatic rings. The quantitative estimate of drug-likeness (QED) is 0.528. The molecule has 0 atom stereocenters. The highest BCUT2D eigenvalue weighted by molar-refractivity contribution is 9.10. The Bertz CT molecular complexity index is 833. The molecule has 2 amide bonds. The van der Waals surface area contributed by atoms with Crippen LogP contribution < -0.4 is 20.3 Å². The number of nitrogens with one attached hydrogen (secondary N) is 2. The maximum atomic E-state index is 12.4. The van der Waals surface area contributed by atoms with Crippen LogP contribution in [0.3, 0.4) is 0 Å². The van der Waals surface area contributed by atoms with E-state index in [0.29, 0.717) is 33.2 Å². The van der Waals surface area contributed by atoms with Gasteiger partial charge in [-0.1, -0.05) is 34.5 Å². The third kappa shape index (κ3) is 6.71. The van der Waals surface area contributed by atoms with Crippen molar-refractivity contribution in [1.82, 2.24) is 10.9 Å². The fraction of sp³-hybridized carbons (Fsp3) is 0.222. The van der Waals surface area contributed by atoms with Crippen LogP contribution in [0.25, 0.3) is 0 Å². The van der Waals surface area contributed by atoms with Crippen molar-refractivity contribution in [1.29, 1.82) is 0 Å². The summed E-state index contributed by atoms with van der Waals surface area (Å²) in [4.78, 5) is 24.3. The van der Waals surface area contributed by atoms with E-state index in [2.05, 4.69) is 42.7 Å². The lowest BCUT2D eigenvalue weighted by Gasteiger charge is -2.13. The maximum Gasteiger partial charge on any atom is 0.276 e. The monoisotopic (exact) mass is 518 g/mol. The van der Waals surface area contributed by atoms with Gasteiger partial charge in [-0.2, -0.15) is 0 Å². The predicted octanol–water partition coefficient (Wildman–Crippen LogP) is 4.49. The molecule has 6 nitrogen and oxygen atoms in total. The minimum absolute atomic E-state index is 0.280. The fourth-order valence-electron chi connectivity index (χ4n) is 1.98. The van der Waals surface area contributed by atoms with E-state index in [1.165, 1.54) is 0 Å². The van der Waals surface area contributed by atoms with E-state index in [4.69, 9.17) is 21.1 Å². The second-order valence-electron chi connectivity index (χ2n) is 5.35. The molecular weight excluding hydrogens is 503 g/mol. The van der Waals surface area contributed by atoms with Crippen LogP contribution >= 0.6 is 43.5 Å². The van der Waals surface area contributed by atoms with Crippen LogP contribution in [-0.4, -0.2) is 25.0 Å². The number of amides is 2. The van der Waals surface area contributed by atoms with Crippen molar-refractivity contribution in [2.45, 2.75) is 13.3 Å². The van der Waals surface area contributed by atoms with E-state index < -0.39 is 11.8 Å². The molecule has 0 spiro atoms. The molecule has 0 unspecified atom stereocenters. The van der Waals surface area contributed by atoms with Gasteiger partial charge in [-0.3, -0.25) is 20.4 Å². The van der Waals surface area contributed by atoms with Crippen molar-refractivity contribution in [3.05, 3.63) is 55.9 Å². The Morgan fingerprint density at radius 2 is 1.78 bits per heavy atom. The van der Waals surface area contributed by atoms with E-state index in [1.54, 1.807) is 36.4 Å². The van der Waals surface area contributed by atoms with E-state index in [-0.39, 0.29) is 6.61 Å². The Kier molecular flexibility index (Phi) is 8.40. The molecule has 2 aromatic carbocycles. The van der Waals surface area contributed by atoms with Gasteiger partial charge in [0.05, 0.1) is 16.6 Å². The molecule has 144 valence electrons. The Labute approximate surface area is 178 Å². The number of ether oxygens (including phenoxy) is 2. The smallest absolute Gasteiger partial charge is 0.276 e. The molecule has 0 aromatic heterocycles. The lowest BCUT2D eigenvalue weighted by molar-refractivity contribution is -0.123. The van der Waals surface area contributed by atoms with Gasteiger partial charge in [-0.25, -0.2) is 0 Å². The van der Waals surface area contributed by atoms with Gasteiger partial charge in [-0.15, -0.1) is 0 Å².